The number of aryl methyl sites for hydroxylation is 6. The van der Waals surface area contributed by atoms with Crippen molar-refractivity contribution in [2.75, 3.05) is 6.26 Å². The minimum absolute atomic E-state index is 0. The lowest BCUT2D eigenvalue weighted by Gasteiger charge is -2.18. The molecule has 0 aliphatic heterocycles. The standard InChI is InChI=1S/C23H21ClN4O3.C16H15N3O3.C8H10ClNO3S.C7H6ClNO2.C7H8ClNO.CH4/c1-12(2)19-20(21(29)17-6-13(3)5-15(8-17)10-25)28(23(31)27-22(19)30)11-16-7-14(4)26-18(24)9-16;1-8(2)12-13(18-16(22)19-15(12)21)14(20)11-5-9(3)4-10(6-11)7-17;1-6-3-7(4-8(9)10-6)5-13-14(2,11)12;1-4-2-5(7(10)11)3-6(8)9-4;1-5-2-6(4-10)3-7(8)9-5;/h5-9,12H,11H2,1-4H3,(H,27,30,31);4-6,8H,1-3H3,(H2,18,19,21,22);3-4H,5H2,1-2H3;2-3H,1H3,(H,10,11);2-3,10H,4H2,1H3;1H4. The van der Waals surface area contributed by atoms with Crippen molar-refractivity contribution in [3.05, 3.63) is 248 Å². The van der Waals surface area contributed by atoms with E-state index in [-0.39, 0.29) is 88.5 Å². The maximum atomic E-state index is 13.6. The van der Waals surface area contributed by atoms with Gasteiger partial charge in [0.05, 0.1) is 60.5 Å². The Balaban J connectivity index is 0.000000311. The highest BCUT2D eigenvalue weighted by Gasteiger charge is 2.26. The summed E-state index contributed by atoms with van der Waals surface area (Å²) < 4.78 is 27.3. The van der Waals surface area contributed by atoms with Crippen LogP contribution in [-0.2, 0) is 34.1 Å². The summed E-state index contributed by atoms with van der Waals surface area (Å²) in [5.74, 6) is -2.52. The number of carboxylic acid groups (broad SMARTS) is 1. The first-order chi connectivity index (χ1) is 41.1. The molecule has 0 saturated carbocycles. The van der Waals surface area contributed by atoms with Crippen LogP contribution >= 0.6 is 46.4 Å². The highest BCUT2D eigenvalue weighted by molar-refractivity contribution is 7.85. The molecule has 0 aliphatic carbocycles. The molecule has 5 N–H and O–H groups in total. The molecule has 468 valence electrons. The third-order valence-electron chi connectivity index (χ3n) is 11.8. The summed E-state index contributed by atoms with van der Waals surface area (Å²) in [4.78, 5) is 108. The lowest BCUT2D eigenvalue weighted by molar-refractivity contribution is 0.0696. The summed E-state index contributed by atoms with van der Waals surface area (Å²) in [6.45, 7) is 17.7. The average Bonchev–Trinajstić information content (AvgIpc) is 2.23. The number of aromatic amines is 3. The van der Waals surface area contributed by atoms with E-state index in [2.05, 4.69) is 39.1 Å². The van der Waals surface area contributed by atoms with Gasteiger partial charge in [-0.05, 0) is 166 Å². The van der Waals surface area contributed by atoms with Crippen LogP contribution < -0.4 is 22.5 Å². The van der Waals surface area contributed by atoms with E-state index in [1.165, 1.54) is 28.8 Å². The third kappa shape index (κ3) is 23.0. The summed E-state index contributed by atoms with van der Waals surface area (Å²) in [7, 11) is -3.41. The molecule has 89 heavy (non-hydrogen) atoms. The van der Waals surface area contributed by atoms with E-state index < -0.39 is 50.2 Å². The number of carbonyl (C=O) groups is 3. The number of nitrogens with zero attached hydrogens (tertiary/aromatic N) is 7. The lowest BCUT2D eigenvalue weighted by atomic mass is 9.95. The van der Waals surface area contributed by atoms with Crippen LogP contribution in [0.3, 0.4) is 0 Å². The molecule has 0 spiro atoms. The Kier molecular flexibility index (Phi) is 28.1. The van der Waals surface area contributed by atoms with Crippen molar-refractivity contribution >= 4 is 74.1 Å². The van der Waals surface area contributed by atoms with Crippen LogP contribution in [0.25, 0.3) is 0 Å². The number of halogens is 4. The van der Waals surface area contributed by atoms with Crippen molar-refractivity contribution in [2.24, 2.45) is 0 Å². The molecular formula is C62H64Cl4N10O12S. The van der Waals surface area contributed by atoms with Crippen LogP contribution in [0.1, 0.15) is 162 Å². The smallest absolute Gasteiger partial charge is 0.335 e. The minimum Gasteiger partial charge on any atom is -0.478 e. The van der Waals surface area contributed by atoms with Crippen LogP contribution in [0.4, 0.5) is 0 Å². The van der Waals surface area contributed by atoms with Crippen molar-refractivity contribution < 1.29 is 37.2 Å². The number of rotatable bonds is 13. The second kappa shape index (κ2) is 33.5. The normalized spacial score (nSPS) is 10.5. The number of benzene rings is 2. The molecule has 0 aliphatic rings. The van der Waals surface area contributed by atoms with Gasteiger partial charge in [0.2, 0.25) is 11.6 Å². The van der Waals surface area contributed by atoms with Crippen LogP contribution in [0, 0.1) is 64.2 Å². The highest BCUT2D eigenvalue weighted by atomic mass is 35.5. The zero-order valence-electron chi connectivity index (χ0n) is 49.4. The molecule has 0 atom stereocenters. The van der Waals surface area contributed by atoms with Gasteiger partial charge in [0.1, 0.15) is 26.3 Å². The molecule has 6 aromatic heterocycles. The Morgan fingerprint density at radius 2 is 1.01 bits per heavy atom. The van der Waals surface area contributed by atoms with E-state index >= 15 is 0 Å². The largest absolute Gasteiger partial charge is 0.478 e. The monoisotopic (exact) mass is 1310 g/mol. The molecule has 2 aromatic carbocycles. The summed E-state index contributed by atoms with van der Waals surface area (Å²) in [6.07, 6.45) is 1.00. The molecule has 22 nitrogen and oxygen atoms in total. The third-order valence-corrected chi connectivity index (χ3v) is 13.1. The number of aliphatic hydroxyl groups is 1. The molecule has 27 heteroatoms. The number of carbonyl (C=O) groups excluding carboxylic acids is 2. The van der Waals surface area contributed by atoms with Crippen molar-refractivity contribution in [1.82, 2.24) is 39.5 Å². The number of H-pyrrole nitrogens is 3. The molecule has 8 rings (SSSR count). The Morgan fingerprint density at radius 1 is 0.584 bits per heavy atom. The van der Waals surface area contributed by atoms with Gasteiger partial charge in [-0.1, -0.05) is 81.5 Å². The molecule has 6 heterocycles. The van der Waals surface area contributed by atoms with Gasteiger partial charge in [-0.3, -0.25) is 37.9 Å². The van der Waals surface area contributed by atoms with Gasteiger partial charge >= 0.3 is 17.3 Å². The zero-order valence-corrected chi connectivity index (χ0v) is 53.2. The number of ketones is 2. The van der Waals surface area contributed by atoms with Gasteiger partial charge in [0, 0.05) is 45.0 Å². The fraction of sp³-hybridized carbons (Fsp3) is 0.274. The Morgan fingerprint density at radius 3 is 1.45 bits per heavy atom. The van der Waals surface area contributed by atoms with E-state index in [1.807, 2.05) is 19.1 Å². The zero-order chi connectivity index (χ0) is 66.1. The topological polar surface area (TPSA) is 355 Å². The molecule has 0 amide bonds. The first kappa shape index (κ1) is 74.5. The predicted octanol–water partition coefficient (Wildman–Crippen LogP) is 10.5. The number of aromatic carboxylic acids is 1. The van der Waals surface area contributed by atoms with Crippen molar-refractivity contribution in [1.29, 1.82) is 10.5 Å². The van der Waals surface area contributed by atoms with Gasteiger partial charge in [-0.2, -0.15) is 18.9 Å². The number of pyridine rings is 4. The molecule has 0 bridgehead atoms. The first-order valence-electron chi connectivity index (χ1n) is 26.2. The minimum atomic E-state index is -3.41. The predicted molar refractivity (Wildman–Crippen MR) is 340 cm³/mol. The molecule has 0 saturated heterocycles. The van der Waals surface area contributed by atoms with Crippen molar-refractivity contribution in [3.63, 3.8) is 0 Å². The number of aliphatic hydroxyl groups excluding tert-OH is 1. The van der Waals surface area contributed by atoms with Gasteiger partial charge in [-0.15, -0.1) is 0 Å². The Labute approximate surface area is 533 Å². The van der Waals surface area contributed by atoms with Crippen LogP contribution in [-0.4, -0.2) is 81.9 Å². The highest BCUT2D eigenvalue weighted by Crippen LogP contribution is 2.23. The van der Waals surface area contributed by atoms with E-state index in [1.54, 1.807) is 123 Å². The van der Waals surface area contributed by atoms with E-state index in [4.69, 9.17) is 61.9 Å². The van der Waals surface area contributed by atoms with Crippen LogP contribution in [0.2, 0.25) is 20.6 Å². The quantitative estimate of drug-likeness (QED) is 0.0407. The number of nitrogens with one attached hydrogen (secondary N) is 3. The van der Waals surface area contributed by atoms with Crippen molar-refractivity contribution in [3.8, 4) is 12.1 Å². The molecule has 8 aromatic rings. The lowest BCUT2D eigenvalue weighted by Crippen LogP contribution is -2.38. The summed E-state index contributed by atoms with van der Waals surface area (Å²) >= 11 is 22.9. The number of hydrogen-bond acceptors (Lipinski definition) is 17. The number of nitriles is 2. The number of hydrogen-bond donors (Lipinski definition) is 5. The molecular weight excluding hydrogens is 1250 g/mol. The van der Waals surface area contributed by atoms with E-state index in [0.717, 1.165) is 34.3 Å². The van der Waals surface area contributed by atoms with Crippen LogP contribution in [0.15, 0.2) is 104 Å². The van der Waals surface area contributed by atoms with Gasteiger partial charge in [-0.25, -0.2) is 34.3 Å². The Hall–Kier alpha value is -8.78. The molecule has 0 radical (unpaired) electrons. The number of carboxylic acids is 1. The average molecular weight is 1320 g/mol. The first-order valence-corrected chi connectivity index (χ1v) is 29.5. The summed E-state index contributed by atoms with van der Waals surface area (Å²) in [6, 6.07) is 26.4. The fourth-order valence-corrected chi connectivity index (χ4v) is 9.87. The second-order valence-corrected chi connectivity index (χ2v) is 23.4. The van der Waals surface area contributed by atoms with Crippen molar-refractivity contribution in [2.45, 2.75) is 108 Å². The second-order valence-electron chi connectivity index (χ2n) is 20.2. The summed E-state index contributed by atoms with van der Waals surface area (Å²) in [5.41, 5.74) is 5.61. The molecule has 0 fully saturated rings. The fourth-order valence-electron chi connectivity index (χ4n) is 8.45. The maximum Gasteiger partial charge on any atom is 0.335 e. The maximum absolute atomic E-state index is 13.6. The van der Waals surface area contributed by atoms with Gasteiger partial charge < -0.3 is 15.2 Å². The Bertz CT molecular complexity index is 4320. The summed E-state index contributed by atoms with van der Waals surface area (Å²) in [5, 5.41) is 36.8. The van der Waals surface area contributed by atoms with Gasteiger partial charge in [0.15, 0.2) is 0 Å². The number of aromatic nitrogens is 8. The SMILES string of the molecule is C.Cc1cc(C#N)cc(C(=O)c2[nH]c(=O)[nH]c(=O)c2C(C)C)c1.Cc1cc(C#N)cc(C(=O)c2c(C(C)C)c(=O)[nH]c(=O)n2Cc2cc(C)nc(Cl)c2)c1.Cc1cc(C(=O)O)cc(Cl)n1.Cc1cc(CO)cc(Cl)n1.Cc1cc(COS(C)(=O)=O)cc(Cl)n1. The van der Waals surface area contributed by atoms with Gasteiger partial charge in [0.25, 0.3) is 21.2 Å². The molecule has 0 unspecified atom stereocenters. The van der Waals surface area contributed by atoms with E-state index in [0.29, 0.717) is 43.9 Å². The van der Waals surface area contributed by atoms with Crippen LogP contribution in [0.5, 0.6) is 0 Å². The van der Waals surface area contributed by atoms with E-state index in [9.17, 15) is 47.2 Å².